The molecule has 3 heteroatoms. The van der Waals surface area contributed by atoms with Crippen LogP contribution in [0.1, 0.15) is 83.8 Å². The molecule has 30 heavy (non-hydrogen) atoms. The normalized spacial score (nSPS) is 20.0. The number of hydrogen-bond donors (Lipinski definition) is 1. The smallest absolute Gasteiger partial charge is 0.145 e. The molecule has 1 atom stereocenters. The van der Waals surface area contributed by atoms with E-state index in [1.54, 1.807) is 6.07 Å². The Labute approximate surface area is 182 Å². The van der Waals surface area contributed by atoms with Crippen LogP contribution in [0.5, 0.6) is 11.5 Å². The standard InChI is InChI=1S/C27H38O3/c1-20(11-7-12-22(3)19-28)9-6-10-21(2)13-8-15-27(5)16-14-24-18-25(29)17-23(4)26(24)30-27/h9,12-13,17-19,29H,6-8,10-11,14-16H2,1-5H3/t27-/m0/s1. The average molecular weight is 411 g/mol. The Morgan fingerprint density at radius 2 is 1.70 bits per heavy atom. The summed E-state index contributed by atoms with van der Waals surface area (Å²) in [6.45, 7) is 10.4. The number of hydrogen-bond acceptors (Lipinski definition) is 3. The minimum atomic E-state index is -0.144. The molecule has 1 aliphatic heterocycles. The molecule has 1 N–H and O–H groups in total. The number of carbonyl (C=O) groups excluding carboxylic acids is 1. The Hall–Kier alpha value is -2.29. The van der Waals surface area contributed by atoms with E-state index in [9.17, 15) is 9.90 Å². The van der Waals surface area contributed by atoms with Crippen molar-refractivity contribution in [2.45, 2.75) is 91.6 Å². The van der Waals surface area contributed by atoms with Gasteiger partial charge in [-0.15, -0.1) is 0 Å². The molecule has 0 amide bonds. The van der Waals surface area contributed by atoms with Crippen molar-refractivity contribution in [1.82, 2.24) is 0 Å². The first kappa shape index (κ1) is 24.0. The number of aldehydes is 1. The molecule has 1 aliphatic rings. The van der Waals surface area contributed by atoms with E-state index in [0.717, 1.165) is 80.1 Å². The topological polar surface area (TPSA) is 46.5 Å². The van der Waals surface area contributed by atoms with Gasteiger partial charge in [0.25, 0.3) is 0 Å². The highest BCUT2D eigenvalue weighted by Crippen LogP contribution is 2.39. The molecule has 0 fully saturated rings. The van der Waals surface area contributed by atoms with Gasteiger partial charge >= 0.3 is 0 Å². The van der Waals surface area contributed by atoms with E-state index in [2.05, 4.69) is 32.9 Å². The lowest BCUT2D eigenvalue weighted by Crippen LogP contribution is -2.36. The van der Waals surface area contributed by atoms with Crippen LogP contribution in [0.15, 0.2) is 47.1 Å². The maximum absolute atomic E-state index is 10.6. The summed E-state index contributed by atoms with van der Waals surface area (Å²) in [4.78, 5) is 10.6. The van der Waals surface area contributed by atoms with Crippen LogP contribution in [0.3, 0.4) is 0 Å². The third-order valence-corrected chi connectivity index (χ3v) is 6.00. The molecule has 0 bridgehead atoms. The molecule has 0 saturated heterocycles. The number of fused-ring (bicyclic) bond motifs is 1. The zero-order chi connectivity index (χ0) is 22.1. The second-order valence-corrected chi connectivity index (χ2v) is 9.09. The maximum atomic E-state index is 10.6. The first-order chi connectivity index (χ1) is 14.2. The third-order valence-electron chi connectivity index (χ3n) is 6.00. The van der Waals surface area contributed by atoms with Crippen molar-refractivity contribution < 1.29 is 14.6 Å². The predicted molar refractivity (Wildman–Crippen MR) is 125 cm³/mol. The fraction of sp³-hybridized carbons (Fsp3) is 0.519. The van der Waals surface area contributed by atoms with Gasteiger partial charge in [0.1, 0.15) is 23.4 Å². The van der Waals surface area contributed by atoms with E-state index >= 15 is 0 Å². The third kappa shape index (κ3) is 7.51. The predicted octanol–water partition coefficient (Wildman–Crippen LogP) is 7.16. The number of rotatable bonds is 10. The zero-order valence-corrected chi connectivity index (χ0v) is 19.4. The summed E-state index contributed by atoms with van der Waals surface area (Å²) >= 11 is 0. The van der Waals surface area contributed by atoms with Crippen molar-refractivity contribution in [3.8, 4) is 11.5 Å². The summed E-state index contributed by atoms with van der Waals surface area (Å²) in [6, 6.07) is 3.62. The number of phenols is 1. The average Bonchev–Trinajstić information content (AvgIpc) is 2.68. The monoisotopic (exact) mass is 410 g/mol. The molecule has 0 saturated carbocycles. The molecule has 2 rings (SSSR count). The van der Waals surface area contributed by atoms with Crippen LogP contribution in [0.4, 0.5) is 0 Å². The Balaban J connectivity index is 1.78. The van der Waals surface area contributed by atoms with E-state index in [1.807, 2.05) is 26.0 Å². The van der Waals surface area contributed by atoms with Crippen molar-refractivity contribution in [3.05, 3.63) is 58.2 Å². The molecule has 3 nitrogen and oxygen atoms in total. The zero-order valence-electron chi connectivity index (χ0n) is 19.4. The molecule has 1 heterocycles. The summed E-state index contributed by atoms with van der Waals surface area (Å²) in [5.74, 6) is 1.29. The number of aromatic hydroxyl groups is 1. The number of phenolic OH excluding ortho intramolecular Hbond substituents is 1. The van der Waals surface area contributed by atoms with Crippen LogP contribution in [0, 0.1) is 6.92 Å². The van der Waals surface area contributed by atoms with Crippen molar-refractivity contribution in [1.29, 1.82) is 0 Å². The largest absolute Gasteiger partial charge is 0.508 e. The summed E-state index contributed by atoms with van der Waals surface area (Å²) in [5.41, 5.74) is 5.62. The number of aryl methyl sites for hydroxylation is 2. The van der Waals surface area contributed by atoms with Crippen molar-refractivity contribution >= 4 is 6.29 Å². The Bertz CT molecular complexity index is 829. The van der Waals surface area contributed by atoms with E-state index < -0.39 is 0 Å². The van der Waals surface area contributed by atoms with Gasteiger partial charge < -0.3 is 9.84 Å². The van der Waals surface area contributed by atoms with E-state index in [1.165, 1.54) is 11.1 Å². The number of benzene rings is 1. The second-order valence-electron chi connectivity index (χ2n) is 9.09. The summed E-state index contributed by atoms with van der Waals surface area (Å²) in [5, 5.41) is 9.80. The molecule has 0 aliphatic carbocycles. The molecule has 0 aromatic heterocycles. The first-order valence-corrected chi connectivity index (χ1v) is 11.2. The molecule has 0 spiro atoms. The first-order valence-electron chi connectivity index (χ1n) is 11.2. The molecule has 0 unspecified atom stereocenters. The fourth-order valence-electron chi connectivity index (χ4n) is 3.98. The van der Waals surface area contributed by atoms with E-state index in [-0.39, 0.29) is 5.60 Å². The van der Waals surface area contributed by atoms with Crippen LogP contribution in [-0.4, -0.2) is 17.0 Å². The Morgan fingerprint density at radius 3 is 2.37 bits per heavy atom. The van der Waals surface area contributed by atoms with Gasteiger partial charge in [0.2, 0.25) is 0 Å². The number of ether oxygens (including phenoxy) is 1. The van der Waals surface area contributed by atoms with E-state index in [0.29, 0.717) is 5.75 Å². The summed E-state index contributed by atoms with van der Waals surface area (Å²) in [6.07, 6.45) is 15.6. The SMILES string of the molecule is CC(C=O)=CCCC(C)=CCCC(C)=CCC[C@@]1(C)CCc2cc(O)cc(C)c2O1. The van der Waals surface area contributed by atoms with Crippen LogP contribution in [0.2, 0.25) is 0 Å². The maximum Gasteiger partial charge on any atom is 0.145 e. The molecular formula is C27H38O3. The Morgan fingerprint density at radius 1 is 1.07 bits per heavy atom. The molecule has 0 radical (unpaired) electrons. The highest BCUT2D eigenvalue weighted by molar-refractivity contribution is 5.71. The number of allylic oxidation sites excluding steroid dienone is 6. The quantitative estimate of drug-likeness (QED) is 0.253. The lowest BCUT2D eigenvalue weighted by molar-refractivity contribution is -0.104. The van der Waals surface area contributed by atoms with Gasteiger partial charge in [-0.25, -0.2) is 0 Å². The Kier molecular flexibility index (Phi) is 8.95. The molecular weight excluding hydrogens is 372 g/mol. The van der Waals surface area contributed by atoms with Gasteiger partial charge in [-0.3, -0.25) is 4.79 Å². The van der Waals surface area contributed by atoms with Gasteiger partial charge in [0.05, 0.1) is 0 Å². The van der Waals surface area contributed by atoms with Crippen LogP contribution < -0.4 is 4.74 Å². The molecule has 164 valence electrons. The highest BCUT2D eigenvalue weighted by Gasteiger charge is 2.31. The van der Waals surface area contributed by atoms with E-state index in [4.69, 9.17) is 4.74 Å². The lowest BCUT2D eigenvalue weighted by atomic mass is 9.87. The summed E-state index contributed by atoms with van der Waals surface area (Å²) in [7, 11) is 0. The van der Waals surface area contributed by atoms with Crippen molar-refractivity contribution in [2.24, 2.45) is 0 Å². The van der Waals surface area contributed by atoms with Gasteiger partial charge in [-0.05, 0) is 115 Å². The lowest BCUT2D eigenvalue weighted by Gasteiger charge is -2.36. The second kappa shape index (κ2) is 11.2. The van der Waals surface area contributed by atoms with Crippen LogP contribution >= 0.6 is 0 Å². The van der Waals surface area contributed by atoms with Gasteiger partial charge in [-0.1, -0.05) is 29.4 Å². The van der Waals surface area contributed by atoms with Crippen molar-refractivity contribution in [3.63, 3.8) is 0 Å². The van der Waals surface area contributed by atoms with Gasteiger partial charge in [0.15, 0.2) is 0 Å². The minimum absolute atomic E-state index is 0.144. The summed E-state index contributed by atoms with van der Waals surface area (Å²) < 4.78 is 6.39. The minimum Gasteiger partial charge on any atom is -0.508 e. The van der Waals surface area contributed by atoms with Crippen LogP contribution in [0.25, 0.3) is 0 Å². The van der Waals surface area contributed by atoms with Gasteiger partial charge in [0, 0.05) is 0 Å². The van der Waals surface area contributed by atoms with Crippen LogP contribution in [-0.2, 0) is 11.2 Å². The van der Waals surface area contributed by atoms with Crippen molar-refractivity contribution in [2.75, 3.05) is 0 Å². The van der Waals surface area contributed by atoms with Gasteiger partial charge in [-0.2, -0.15) is 0 Å². The molecule has 1 aromatic carbocycles. The fourth-order valence-corrected chi connectivity index (χ4v) is 3.98. The number of carbonyl (C=O) groups is 1. The molecule has 1 aromatic rings. The highest BCUT2D eigenvalue weighted by atomic mass is 16.5.